The normalized spacial score (nSPS) is 16.9. The molecule has 1 aromatic rings. The minimum Gasteiger partial charge on any atom is -0.316 e. The molecule has 0 aliphatic carbocycles. The molecular formula is C16H27NOS. The molecule has 2 nitrogen and oxygen atoms in total. The second kappa shape index (κ2) is 6.67. The van der Waals surface area contributed by atoms with Gasteiger partial charge in [-0.1, -0.05) is 39.8 Å². The van der Waals surface area contributed by atoms with Crippen molar-refractivity contribution in [1.29, 1.82) is 0 Å². The molecule has 1 aromatic carbocycles. The fourth-order valence-electron chi connectivity index (χ4n) is 2.22. The molecule has 0 bridgehead atoms. The van der Waals surface area contributed by atoms with Crippen LogP contribution in [0.3, 0.4) is 0 Å². The molecule has 19 heavy (non-hydrogen) atoms. The smallest absolute Gasteiger partial charge is 0.0573 e. The van der Waals surface area contributed by atoms with Crippen molar-refractivity contribution in [1.82, 2.24) is 5.32 Å². The van der Waals surface area contributed by atoms with Gasteiger partial charge in [-0.15, -0.1) is 0 Å². The van der Waals surface area contributed by atoms with Gasteiger partial charge in [0.2, 0.25) is 0 Å². The fraction of sp³-hybridized carbons (Fsp3) is 0.625. The lowest BCUT2D eigenvalue weighted by Crippen LogP contribution is -2.37. The van der Waals surface area contributed by atoms with Crippen LogP contribution in [0, 0.1) is 0 Å². The third kappa shape index (κ3) is 4.15. The monoisotopic (exact) mass is 281 g/mol. The van der Waals surface area contributed by atoms with Gasteiger partial charge in [-0.3, -0.25) is 4.21 Å². The molecule has 0 spiro atoms. The van der Waals surface area contributed by atoms with Crippen molar-refractivity contribution in [2.75, 3.05) is 7.05 Å². The molecule has 0 amide bonds. The lowest BCUT2D eigenvalue weighted by molar-refractivity contribution is 0.529. The van der Waals surface area contributed by atoms with Crippen molar-refractivity contribution < 1.29 is 4.21 Å². The Labute approximate surface area is 120 Å². The van der Waals surface area contributed by atoms with Crippen molar-refractivity contribution in [2.24, 2.45) is 0 Å². The first-order chi connectivity index (χ1) is 8.81. The Morgan fingerprint density at radius 2 is 1.74 bits per heavy atom. The van der Waals surface area contributed by atoms with Gasteiger partial charge in [0, 0.05) is 10.9 Å². The van der Waals surface area contributed by atoms with Gasteiger partial charge in [-0.25, -0.2) is 0 Å². The molecular weight excluding hydrogens is 254 g/mol. The SMILES string of the molecule is CCC(NC)C(C)S(=O)c1ccc(C(C)(C)C)cc1. The highest BCUT2D eigenvalue weighted by Crippen LogP contribution is 2.24. The van der Waals surface area contributed by atoms with Crippen LogP contribution < -0.4 is 5.32 Å². The maximum atomic E-state index is 12.5. The zero-order valence-corrected chi connectivity index (χ0v) is 13.8. The average Bonchev–Trinajstić information content (AvgIpc) is 2.38. The van der Waals surface area contributed by atoms with Crippen LogP contribution in [0.2, 0.25) is 0 Å². The highest BCUT2D eigenvalue weighted by Gasteiger charge is 2.21. The van der Waals surface area contributed by atoms with Crippen molar-refractivity contribution in [3.8, 4) is 0 Å². The first-order valence-electron chi connectivity index (χ1n) is 6.99. The number of hydrogen-bond acceptors (Lipinski definition) is 2. The second-order valence-electron chi connectivity index (χ2n) is 6.08. The average molecular weight is 281 g/mol. The van der Waals surface area contributed by atoms with Gasteiger partial charge < -0.3 is 5.32 Å². The topological polar surface area (TPSA) is 29.1 Å². The summed E-state index contributed by atoms with van der Waals surface area (Å²) in [7, 11) is 0.980. The third-order valence-corrected chi connectivity index (χ3v) is 5.41. The molecule has 3 atom stereocenters. The predicted molar refractivity (Wildman–Crippen MR) is 84.2 cm³/mol. The van der Waals surface area contributed by atoms with E-state index in [1.807, 2.05) is 19.2 Å². The van der Waals surface area contributed by atoms with E-state index < -0.39 is 10.8 Å². The molecule has 0 aromatic heterocycles. The molecule has 0 aliphatic heterocycles. The molecule has 1 rings (SSSR count). The zero-order chi connectivity index (χ0) is 14.6. The van der Waals surface area contributed by atoms with Crippen molar-refractivity contribution in [3.05, 3.63) is 29.8 Å². The van der Waals surface area contributed by atoms with Crippen molar-refractivity contribution in [2.45, 2.75) is 62.6 Å². The van der Waals surface area contributed by atoms with Crippen LogP contribution >= 0.6 is 0 Å². The summed E-state index contributed by atoms with van der Waals surface area (Å²) >= 11 is 0. The van der Waals surface area contributed by atoms with E-state index in [9.17, 15) is 4.21 Å². The Hall–Kier alpha value is -0.670. The van der Waals surface area contributed by atoms with E-state index in [1.165, 1.54) is 5.56 Å². The third-order valence-electron chi connectivity index (χ3n) is 3.67. The van der Waals surface area contributed by atoms with Gasteiger partial charge in [0.25, 0.3) is 0 Å². The summed E-state index contributed by atoms with van der Waals surface area (Å²) in [5.41, 5.74) is 1.42. The van der Waals surface area contributed by atoms with Gasteiger partial charge in [-0.2, -0.15) is 0 Å². The van der Waals surface area contributed by atoms with E-state index in [4.69, 9.17) is 0 Å². The summed E-state index contributed by atoms with van der Waals surface area (Å²) < 4.78 is 12.5. The van der Waals surface area contributed by atoms with E-state index in [1.54, 1.807) is 0 Å². The highest BCUT2D eigenvalue weighted by atomic mass is 32.2. The Bertz CT molecular complexity index is 415. The Balaban J connectivity index is 2.89. The maximum absolute atomic E-state index is 12.5. The molecule has 0 heterocycles. The van der Waals surface area contributed by atoms with Crippen LogP contribution in [0.5, 0.6) is 0 Å². The van der Waals surface area contributed by atoms with Gasteiger partial charge in [0.15, 0.2) is 0 Å². The second-order valence-corrected chi connectivity index (χ2v) is 7.89. The molecule has 0 saturated heterocycles. The Kier molecular flexibility index (Phi) is 5.75. The number of benzene rings is 1. The van der Waals surface area contributed by atoms with E-state index in [2.05, 4.69) is 52.1 Å². The molecule has 1 N–H and O–H groups in total. The summed E-state index contributed by atoms with van der Waals surface area (Å²) in [6.45, 7) is 10.7. The summed E-state index contributed by atoms with van der Waals surface area (Å²) in [5, 5.41) is 3.37. The number of hydrogen-bond donors (Lipinski definition) is 1. The first-order valence-corrected chi connectivity index (χ1v) is 8.21. The van der Waals surface area contributed by atoms with E-state index in [-0.39, 0.29) is 10.7 Å². The molecule has 0 fully saturated rings. The molecule has 108 valence electrons. The van der Waals surface area contributed by atoms with Gasteiger partial charge in [0.1, 0.15) is 0 Å². The van der Waals surface area contributed by atoms with E-state index in [0.29, 0.717) is 6.04 Å². The summed E-state index contributed by atoms with van der Waals surface area (Å²) in [5.74, 6) is 0. The molecule has 3 unspecified atom stereocenters. The lowest BCUT2D eigenvalue weighted by atomic mass is 9.87. The number of rotatable bonds is 5. The van der Waals surface area contributed by atoms with Crippen molar-refractivity contribution >= 4 is 10.8 Å². The van der Waals surface area contributed by atoms with Gasteiger partial charge in [-0.05, 0) is 43.5 Å². The fourth-order valence-corrected chi connectivity index (χ4v) is 3.68. The van der Waals surface area contributed by atoms with Crippen LogP contribution in [0.4, 0.5) is 0 Å². The minimum atomic E-state index is -0.956. The van der Waals surface area contributed by atoms with Gasteiger partial charge in [0.05, 0.1) is 16.0 Å². The molecule has 3 heteroatoms. The Morgan fingerprint density at radius 1 is 1.21 bits per heavy atom. The Morgan fingerprint density at radius 3 is 2.11 bits per heavy atom. The molecule has 0 radical (unpaired) electrons. The maximum Gasteiger partial charge on any atom is 0.0573 e. The highest BCUT2D eigenvalue weighted by molar-refractivity contribution is 7.85. The predicted octanol–water partition coefficient (Wildman–Crippen LogP) is 3.48. The van der Waals surface area contributed by atoms with Crippen LogP contribution in [0.15, 0.2) is 29.2 Å². The standard InChI is InChI=1S/C16H27NOS/c1-7-15(17-6)12(2)19(18)14-10-8-13(9-11-14)16(3,4)5/h8-12,15,17H,7H2,1-6H3. The number of nitrogens with one attached hydrogen (secondary N) is 1. The van der Waals surface area contributed by atoms with Crippen LogP contribution in [-0.2, 0) is 16.2 Å². The molecule has 0 saturated carbocycles. The summed E-state index contributed by atoms with van der Waals surface area (Å²) in [6, 6.07) is 8.51. The summed E-state index contributed by atoms with van der Waals surface area (Å²) in [6.07, 6.45) is 0.990. The lowest BCUT2D eigenvalue weighted by Gasteiger charge is -2.22. The van der Waals surface area contributed by atoms with Crippen LogP contribution in [-0.4, -0.2) is 22.5 Å². The quantitative estimate of drug-likeness (QED) is 0.895. The van der Waals surface area contributed by atoms with Crippen molar-refractivity contribution in [3.63, 3.8) is 0 Å². The first kappa shape index (κ1) is 16.4. The zero-order valence-electron chi connectivity index (χ0n) is 13.0. The van der Waals surface area contributed by atoms with Gasteiger partial charge >= 0.3 is 0 Å². The van der Waals surface area contributed by atoms with E-state index >= 15 is 0 Å². The van der Waals surface area contributed by atoms with E-state index in [0.717, 1.165) is 11.3 Å². The largest absolute Gasteiger partial charge is 0.316 e. The molecule has 0 aliphatic rings. The summed E-state index contributed by atoms with van der Waals surface area (Å²) in [4.78, 5) is 0.925. The van der Waals surface area contributed by atoms with Crippen LogP contribution in [0.1, 0.15) is 46.6 Å². The van der Waals surface area contributed by atoms with Crippen LogP contribution in [0.25, 0.3) is 0 Å². The minimum absolute atomic E-state index is 0.121.